The Labute approximate surface area is 117 Å². The SMILES string of the molecule is CCCC(CCN)CCC(=O)NC1CCCCC1O. The van der Waals surface area contributed by atoms with Crippen molar-refractivity contribution in [3.63, 3.8) is 0 Å². The van der Waals surface area contributed by atoms with Crippen molar-refractivity contribution in [2.24, 2.45) is 11.7 Å². The summed E-state index contributed by atoms with van der Waals surface area (Å²) in [6.07, 6.45) is 8.33. The van der Waals surface area contributed by atoms with Crippen LogP contribution in [0.25, 0.3) is 0 Å². The van der Waals surface area contributed by atoms with Gasteiger partial charge in [-0.15, -0.1) is 0 Å². The first-order valence-electron chi connectivity index (χ1n) is 7.84. The predicted octanol–water partition coefficient (Wildman–Crippen LogP) is 1.95. The Bertz CT molecular complexity index is 253. The maximum Gasteiger partial charge on any atom is 0.220 e. The van der Waals surface area contributed by atoms with Gasteiger partial charge in [0.1, 0.15) is 0 Å². The third kappa shape index (κ3) is 6.39. The standard InChI is InChI=1S/C15H30N2O2/c1-2-5-12(10-11-16)8-9-15(19)17-13-6-3-4-7-14(13)18/h12-14,18H,2-11,16H2,1H3,(H,17,19). The average Bonchev–Trinajstić information content (AvgIpc) is 2.39. The van der Waals surface area contributed by atoms with Crippen LogP contribution in [0.3, 0.4) is 0 Å². The molecule has 0 saturated heterocycles. The summed E-state index contributed by atoms with van der Waals surface area (Å²) in [5.41, 5.74) is 5.60. The molecule has 1 aliphatic carbocycles. The second kappa shape index (κ2) is 9.32. The number of aliphatic hydroxyl groups excluding tert-OH is 1. The summed E-state index contributed by atoms with van der Waals surface area (Å²) >= 11 is 0. The molecular weight excluding hydrogens is 240 g/mol. The lowest BCUT2D eigenvalue weighted by molar-refractivity contribution is -0.123. The minimum Gasteiger partial charge on any atom is -0.391 e. The lowest BCUT2D eigenvalue weighted by Gasteiger charge is -2.28. The number of amides is 1. The van der Waals surface area contributed by atoms with Crippen LogP contribution in [0.5, 0.6) is 0 Å². The third-order valence-corrected chi connectivity index (χ3v) is 4.13. The maximum absolute atomic E-state index is 11.9. The predicted molar refractivity (Wildman–Crippen MR) is 77.7 cm³/mol. The van der Waals surface area contributed by atoms with Crippen molar-refractivity contribution in [1.29, 1.82) is 0 Å². The number of nitrogens with two attached hydrogens (primary N) is 1. The zero-order valence-corrected chi connectivity index (χ0v) is 12.2. The monoisotopic (exact) mass is 270 g/mol. The molecule has 0 radical (unpaired) electrons. The Hall–Kier alpha value is -0.610. The van der Waals surface area contributed by atoms with Gasteiger partial charge in [-0.1, -0.05) is 32.6 Å². The summed E-state index contributed by atoms with van der Waals surface area (Å²) in [5, 5.41) is 12.8. The smallest absolute Gasteiger partial charge is 0.220 e. The molecule has 4 heteroatoms. The van der Waals surface area contributed by atoms with Crippen molar-refractivity contribution in [3.05, 3.63) is 0 Å². The van der Waals surface area contributed by atoms with E-state index in [9.17, 15) is 9.90 Å². The van der Waals surface area contributed by atoms with Crippen molar-refractivity contribution in [2.75, 3.05) is 6.54 Å². The summed E-state index contributed by atoms with van der Waals surface area (Å²) in [6.45, 7) is 2.87. The Balaban J connectivity index is 2.25. The van der Waals surface area contributed by atoms with Crippen LogP contribution in [0, 0.1) is 5.92 Å². The van der Waals surface area contributed by atoms with Gasteiger partial charge in [0.2, 0.25) is 5.91 Å². The first kappa shape index (κ1) is 16.4. The Morgan fingerprint density at radius 2 is 2.05 bits per heavy atom. The quantitative estimate of drug-likeness (QED) is 0.631. The zero-order valence-electron chi connectivity index (χ0n) is 12.2. The normalized spacial score (nSPS) is 25.0. The molecule has 4 nitrogen and oxygen atoms in total. The summed E-state index contributed by atoms with van der Waals surface area (Å²) in [4.78, 5) is 11.9. The number of hydrogen-bond donors (Lipinski definition) is 3. The molecule has 19 heavy (non-hydrogen) atoms. The van der Waals surface area contributed by atoms with Crippen molar-refractivity contribution in [3.8, 4) is 0 Å². The van der Waals surface area contributed by atoms with Crippen LogP contribution in [-0.4, -0.2) is 29.7 Å². The van der Waals surface area contributed by atoms with Crippen molar-refractivity contribution >= 4 is 5.91 Å². The van der Waals surface area contributed by atoms with Crippen molar-refractivity contribution < 1.29 is 9.90 Å². The summed E-state index contributed by atoms with van der Waals surface area (Å²) in [6, 6.07) is -0.0274. The topological polar surface area (TPSA) is 75.4 Å². The summed E-state index contributed by atoms with van der Waals surface area (Å²) in [5.74, 6) is 0.654. The number of carbonyl (C=O) groups excluding carboxylic acids is 1. The van der Waals surface area contributed by atoms with Gasteiger partial charge >= 0.3 is 0 Å². The molecule has 3 atom stereocenters. The van der Waals surface area contributed by atoms with E-state index in [-0.39, 0.29) is 18.1 Å². The van der Waals surface area contributed by atoms with Crippen LogP contribution in [0.4, 0.5) is 0 Å². The molecule has 0 heterocycles. The highest BCUT2D eigenvalue weighted by Gasteiger charge is 2.24. The molecule has 1 rings (SSSR count). The molecule has 1 aliphatic rings. The fourth-order valence-electron chi connectivity index (χ4n) is 2.97. The van der Waals surface area contributed by atoms with E-state index >= 15 is 0 Å². The Morgan fingerprint density at radius 1 is 1.32 bits per heavy atom. The van der Waals surface area contributed by atoms with Crippen LogP contribution < -0.4 is 11.1 Å². The number of rotatable bonds is 8. The van der Waals surface area contributed by atoms with E-state index in [1.807, 2.05) is 0 Å². The van der Waals surface area contributed by atoms with Gasteiger partial charge in [-0.05, 0) is 38.1 Å². The summed E-state index contributed by atoms with van der Waals surface area (Å²) < 4.78 is 0. The molecule has 0 aromatic carbocycles. The summed E-state index contributed by atoms with van der Waals surface area (Å²) in [7, 11) is 0. The molecule has 1 fully saturated rings. The van der Waals surface area contributed by atoms with E-state index in [1.54, 1.807) is 0 Å². The molecule has 0 aromatic rings. The van der Waals surface area contributed by atoms with E-state index in [4.69, 9.17) is 5.73 Å². The number of hydrogen-bond acceptors (Lipinski definition) is 3. The third-order valence-electron chi connectivity index (χ3n) is 4.13. The lowest BCUT2D eigenvalue weighted by Crippen LogP contribution is -2.45. The van der Waals surface area contributed by atoms with Gasteiger partial charge in [0.15, 0.2) is 0 Å². The molecule has 0 spiro atoms. The van der Waals surface area contributed by atoms with Gasteiger partial charge in [-0.2, -0.15) is 0 Å². The highest BCUT2D eigenvalue weighted by atomic mass is 16.3. The average molecular weight is 270 g/mol. The van der Waals surface area contributed by atoms with Crippen LogP contribution in [0.15, 0.2) is 0 Å². The molecule has 1 saturated carbocycles. The van der Waals surface area contributed by atoms with Crippen LogP contribution in [0.1, 0.15) is 64.7 Å². The Morgan fingerprint density at radius 3 is 2.68 bits per heavy atom. The van der Waals surface area contributed by atoms with Gasteiger partial charge < -0.3 is 16.2 Å². The van der Waals surface area contributed by atoms with E-state index < -0.39 is 0 Å². The van der Waals surface area contributed by atoms with Gasteiger partial charge in [0.25, 0.3) is 0 Å². The van der Waals surface area contributed by atoms with E-state index in [0.717, 1.165) is 51.4 Å². The van der Waals surface area contributed by atoms with Gasteiger partial charge in [0, 0.05) is 6.42 Å². The molecular formula is C15H30N2O2. The first-order valence-corrected chi connectivity index (χ1v) is 7.84. The number of aliphatic hydroxyl groups is 1. The molecule has 3 unspecified atom stereocenters. The molecule has 1 amide bonds. The van der Waals surface area contributed by atoms with E-state index in [1.165, 1.54) is 0 Å². The van der Waals surface area contributed by atoms with Crippen molar-refractivity contribution in [1.82, 2.24) is 5.32 Å². The molecule has 4 N–H and O–H groups in total. The maximum atomic E-state index is 11.9. The second-order valence-electron chi connectivity index (χ2n) is 5.80. The van der Waals surface area contributed by atoms with Crippen LogP contribution >= 0.6 is 0 Å². The zero-order chi connectivity index (χ0) is 14.1. The highest BCUT2D eigenvalue weighted by molar-refractivity contribution is 5.76. The molecule has 112 valence electrons. The minimum absolute atomic E-state index is 0.0274. The van der Waals surface area contributed by atoms with Crippen LogP contribution in [-0.2, 0) is 4.79 Å². The molecule has 0 aliphatic heterocycles. The van der Waals surface area contributed by atoms with Gasteiger partial charge in [0.05, 0.1) is 12.1 Å². The molecule has 0 aromatic heterocycles. The van der Waals surface area contributed by atoms with Gasteiger partial charge in [-0.25, -0.2) is 0 Å². The van der Waals surface area contributed by atoms with E-state index in [0.29, 0.717) is 18.9 Å². The minimum atomic E-state index is -0.354. The first-order chi connectivity index (χ1) is 9.17. The highest BCUT2D eigenvalue weighted by Crippen LogP contribution is 2.20. The Kier molecular flexibility index (Phi) is 8.07. The van der Waals surface area contributed by atoms with E-state index in [2.05, 4.69) is 12.2 Å². The number of carbonyl (C=O) groups is 1. The second-order valence-corrected chi connectivity index (χ2v) is 5.80. The van der Waals surface area contributed by atoms with Crippen molar-refractivity contribution in [2.45, 2.75) is 76.9 Å². The fourth-order valence-corrected chi connectivity index (χ4v) is 2.97. The van der Waals surface area contributed by atoms with Crippen LogP contribution in [0.2, 0.25) is 0 Å². The number of nitrogens with one attached hydrogen (secondary N) is 1. The van der Waals surface area contributed by atoms with Gasteiger partial charge in [-0.3, -0.25) is 4.79 Å². The lowest BCUT2D eigenvalue weighted by atomic mass is 9.91. The fraction of sp³-hybridized carbons (Fsp3) is 0.933. The largest absolute Gasteiger partial charge is 0.391 e. The molecule has 0 bridgehead atoms.